The zero-order valence-electron chi connectivity index (χ0n) is 14.3. The largest absolute Gasteiger partial charge is 0.469 e. The van der Waals surface area contributed by atoms with E-state index in [1.165, 1.54) is 14.2 Å². The maximum atomic E-state index is 13.0. The molecule has 5 rings (SSSR count). The Bertz CT molecular complexity index is 785. The van der Waals surface area contributed by atoms with E-state index in [-0.39, 0.29) is 23.8 Å². The summed E-state index contributed by atoms with van der Waals surface area (Å²) in [7, 11) is 2.80. The van der Waals surface area contributed by atoms with Crippen molar-refractivity contribution >= 4 is 17.7 Å². The fourth-order valence-electron chi connectivity index (χ4n) is 5.60. The van der Waals surface area contributed by atoms with Crippen molar-refractivity contribution in [3.63, 3.8) is 0 Å². The second-order valence-corrected chi connectivity index (χ2v) is 7.28. The van der Waals surface area contributed by atoms with Gasteiger partial charge in [-0.15, -0.1) is 0 Å². The molecule has 5 heteroatoms. The molecule has 0 spiro atoms. The van der Waals surface area contributed by atoms with Gasteiger partial charge in [-0.1, -0.05) is 24.3 Å². The maximum Gasteiger partial charge on any atom is 0.318 e. The molecule has 0 radical (unpaired) electrons. The van der Waals surface area contributed by atoms with E-state index < -0.39 is 16.9 Å². The topological polar surface area (TPSA) is 65.0 Å². The Morgan fingerprint density at radius 1 is 1.17 bits per heavy atom. The number of aliphatic imine (C=N–C) groups is 1. The van der Waals surface area contributed by atoms with Crippen molar-refractivity contribution in [1.29, 1.82) is 0 Å². The zero-order chi connectivity index (χ0) is 17.3. The summed E-state index contributed by atoms with van der Waals surface area (Å²) in [5, 5.41) is 0. The van der Waals surface area contributed by atoms with E-state index in [1.807, 2.05) is 32.0 Å². The Hall–Kier alpha value is -2.17. The molecule has 2 aliphatic carbocycles. The number of methoxy groups -OCH3 is 2. The van der Waals surface area contributed by atoms with Crippen molar-refractivity contribution in [2.24, 2.45) is 16.3 Å². The molecule has 126 valence electrons. The Labute approximate surface area is 141 Å². The van der Waals surface area contributed by atoms with Gasteiger partial charge in [0, 0.05) is 17.5 Å². The molecule has 1 fully saturated rings. The lowest BCUT2D eigenvalue weighted by atomic mass is 9.50. The molecular weight excluding hydrogens is 306 g/mol. The molecule has 0 saturated heterocycles. The first kappa shape index (κ1) is 15.4. The van der Waals surface area contributed by atoms with Crippen LogP contribution in [0.4, 0.5) is 0 Å². The van der Waals surface area contributed by atoms with Crippen LogP contribution < -0.4 is 0 Å². The third-order valence-corrected chi connectivity index (χ3v) is 6.37. The predicted octanol–water partition coefficient (Wildman–Crippen LogP) is 2.45. The molecule has 0 N–H and O–H groups in total. The van der Waals surface area contributed by atoms with Crippen molar-refractivity contribution < 1.29 is 19.1 Å². The summed E-state index contributed by atoms with van der Waals surface area (Å²) in [6, 6.07) is 8.04. The monoisotopic (exact) mass is 327 g/mol. The molecule has 5 atom stereocenters. The van der Waals surface area contributed by atoms with Crippen LogP contribution in [0.1, 0.15) is 43.2 Å². The zero-order valence-corrected chi connectivity index (χ0v) is 14.3. The lowest BCUT2D eigenvalue weighted by Gasteiger charge is -2.55. The Kier molecular flexibility index (Phi) is 3.00. The van der Waals surface area contributed by atoms with Gasteiger partial charge < -0.3 is 9.47 Å². The highest BCUT2D eigenvalue weighted by atomic mass is 16.5. The number of hydrogen-bond acceptors (Lipinski definition) is 5. The van der Waals surface area contributed by atoms with Crippen molar-refractivity contribution in [1.82, 2.24) is 0 Å². The molecule has 24 heavy (non-hydrogen) atoms. The van der Waals surface area contributed by atoms with Crippen LogP contribution in [0.5, 0.6) is 0 Å². The second kappa shape index (κ2) is 4.68. The predicted molar refractivity (Wildman–Crippen MR) is 88.0 cm³/mol. The number of hydrogen-bond donors (Lipinski definition) is 0. The molecular formula is C19H21NO4. The standard InChI is InChI=1S/C19H21NO4/c1-10-19(17(22)24-4)13-9-18(2,20-10)15(16(21)23-3)14(19)12-8-6-5-7-11(12)13/h5-8,13-15H,9H2,1-4H3. The molecule has 2 aliphatic heterocycles. The number of carbonyl (C=O) groups is 2. The van der Waals surface area contributed by atoms with Gasteiger partial charge in [0.15, 0.2) is 0 Å². The minimum atomic E-state index is -0.894. The van der Waals surface area contributed by atoms with Gasteiger partial charge in [-0.05, 0) is 31.4 Å². The molecule has 4 bridgehead atoms. The summed E-state index contributed by atoms with van der Waals surface area (Å²) in [6.07, 6.45) is 0.646. The Morgan fingerprint density at radius 2 is 1.83 bits per heavy atom. The van der Waals surface area contributed by atoms with Crippen LogP contribution in [0, 0.1) is 11.3 Å². The minimum absolute atomic E-state index is 0.00504. The third-order valence-electron chi connectivity index (χ3n) is 6.37. The fourth-order valence-corrected chi connectivity index (χ4v) is 5.60. The van der Waals surface area contributed by atoms with Gasteiger partial charge in [0.1, 0.15) is 5.41 Å². The molecule has 5 nitrogen and oxygen atoms in total. The number of ether oxygens (including phenoxy) is 2. The van der Waals surface area contributed by atoms with Crippen molar-refractivity contribution in [3.8, 4) is 0 Å². The highest BCUT2D eigenvalue weighted by Gasteiger charge is 2.73. The van der Waals surface area contributed by atoms with E-state index in [9.17, 15) is 9.59 Å². The first-order chi connectivity index (χ1) is 11.4. The number of benzene rings is 1. The molecule has 1 aromatic carbocycles. The van der Waals surface area contributed by atoms with Gasteiger partial charge in [0.25, 0.3) is 0 Å². The second-order valence-electron chi connectivity index (χ2n) is 7.28. The smallest absolute Gasteiger partial charge is 0.318 e. The quantitative estimate of drug-likeness (QED) is 0.783. The van der Waals surface area contributed by atoms with Gasteiger partial charge in [-0.3, -0.25) is 14.6 Å². The van der Waals surface area contributed by atoms with Crippen molar-refractivity contribution in [3.05, 3.63) is 35.4 Å². The molecule has 0 amide bonds. The number of nitrogens with zero attached hydrogens (tertiary/aromatic N) is 1. The van der Waals surface area contributed by atoms with Crippen LogP contribution in [0.3, 0.4) is 0 Å². The van der Waals surface area contributed by atoms with E-state index in [2.05, 4.69) is 6.07 Å². The SMILES string of the molecule is COC(=O)C1C2c3ccccc3C3CC1(C)N=C(C)C32C(=O)OC. The van der Waals surface area contributed by atoms with Crippen LogP contribution in [-0.2, 0) is 19.1 Å². The highest BCUT2D eigenvalue weighted by molar-refractivity contribution is 6.11. The minimum Gasteiger partial charge on any atom is -0.469 e. The third kappa shape index (κ3) is 1.48. The number of carbonyl (C=O) groups excluding carboxylic acids is 2. The summed E-state index contributed by atoms with van der Waals surface area (Å²) < 4.78 is 10.3. The van der Waals surface area contributed by atoms with E-state index in [0.29, 0.717) is 6.42 Å². The van der Waals surface area contributed by atoms with E-state index in [0.717, 1.165) is 16.8 Å². The fraction of sp³-hybridized carbons (Fsp3) is 0.526. The summed E-state index contributed by atoms with van der Waals surface area (Å²) in [4.78, 5) is 30.5. The molecule has 1 aromatic rings. The van der Waals surface area contributed by atoms with Crippen molar-refractivity contribution in [2.45, 2.75) is 37.6 Å². The van der Waals surface area contributed by atoms with E-state index >= 15 is 0 Å². The number of esters is 2. The maximum absolute atomic E-state index is 13.0. The molecule has 2 heterocycles. The molecule has 4 aliphatic rings. The van der Waals surface area contributed by atoms with Crippen LogP contribution in [0.15, 0.2) is 29.3 Å². The molecule has 1 saturated carbocycles. The van der Waals surface area contributed by atoms with Gasteiger partial charge >= 0.3 is 11.9 Å². The van der Waals surface area contributed by atoms with Crippen LogP contribution in [0.2, 0.25) is 0 Å². The van der Waals surface area contributed by atoms with Gasteiger partial charge in [-0.2, -0.15) is 0 Å². The van der Waals surface area contributed by atoms with E-state index in [1.54, 1.807) is 0 Å². The van der Waals surface area contributed by atoms with Crippen molar-refractivity contribution in [2.75, 3.05) is 14.2 Å². The average molecular weight is 327 g/mol. The molecule has 5 unspecified atom stereocenters. The van der Waals surface area contributed by atoms with Gasteiger partial charge in [-0.25, -0.2) is 0 Å². The Morgan fingerprint density at radius 3 is 2.46 bits per heavy atom. The van der Waals surface area contributed by atoms with E-state index in [4.69, 9.17) is 14.5 Å². The number of fused-ring (bicyclic) bond motifs is 1. The first-order valence-electron chi connectivity index (χ1n) is 8.23. The lowest BCUT2D eigenvalue weighted by Crippen LogP contribution is -2.63. The summed E-state index contributed by atoms with van der Waals surface area (Å²) in [6.45, 7) is 3.90. The molecule has 0 aromatic heterocycles. The average Bonchev–Trinajstić information content (AvgIpc) is 2.80. The normalized spacial score (nSPS) is 38.3. The number of rotatable bonds is 2. The Balaban J connectivity index is 2.06. The highest BCUT2D eigenvalue weighted by Crippen LogP contribution is 2.70. The van der Waals surface area contributed by atoms with Crippen LogP contribution in [-0.4, -0.2) is 37.4 Å². The van der Waals surface area contributed by atoms with Crippen LogP contribution in [0.25, 0.3) is 0 Å². The summed E-state index contributed by atoms with van der Waals surface area (Å²) >= 11 is 0. The summed E-state index contributed by atoms with van der Waals surface area (Å²) in [5.41, 5.74) is 1.52. The van der Waals surface area contributed by atoms with Gasteiger partial charge in [0.2, 0.25) is 0 Å². The summed E-state index contributed by atoms with van der Waals surface area (Å²) in [5.74, 6) is -1.37. The first-order valence-corrected chi connectivity index (χ1v) is 8.23. The van der Waals surface area contributed by atoms with Gasteiger partial charge in [0.05, 0.1) is 25.7 Å². The lowest BCUT2D eigenvalue weighted by molar-refractivity contribution is -0.162. The van der Waals surface area contributed by atoms with Crippen LogP contribution >= 0.6 is 0 Å².